The van der Waals surface area contributed by atoms with Gasteiger partial charge in [-0.1, -0.05) is 0 Å². The van der Waals surface area contributed by atoms with Gasteiger partial charge in [-0.05, 0) is 66.2 Å². The minimum atomic E-state index is -3.73. The van der Waals surface area contributed by atoms with E-state index in [0.29, 0.717) is 38.5 Å². The summed E-state index contributed by atoms with van der Waals surface area (Å²) in [4.78, 5) is 18.9. The van der Waals surface area contributed by atoms with Crippen LogP contribution in [0.15, 0.2) is 0 Å². The maximum atomic E-state index is 11.5. The fourth-order valence-corrected chi connectivity index (χ4v) is 2.93. The van der Waals surface area contributed by atoms with Crippen molar-refractivity contribution in [2.24, 2.45) is 11.0 Å². The Bertz CT molecular complexity index is 442. The lowest BCUT2D eigenvalue weighted by Crippen LogP contribution is -2.27. The topological polar surface area (TPSA) is 167 Å². The molecule has 4 atom stereocenters. The van der Waals surface area contributed by atoms with Crippen LogP contribution in [0, 0.1) is 0 Å². The van der Waals surface area contributed by atoms with Crippen LogP contribution in [0.2, 0.25) is 0 Å². The summed E-state index contributed by atoms with van der Waals surface area (Å²) < 4.78 is 23.1. The summed E-state index contributed by atoms with van der Waals surface area (Å²) in [6.45, 7) is 6.32. The molecule has 0 aromatic carbocycles. The predicted molar refractivity (Wildman–Crippen MR) is 95.9 cm³/mol. The second kappa shape index (κ2) is 8.74. The van der Waals surface area contributed by atoms with Crippen LogP contribution in [-0.2, 0) is 9.13 Å². The molecule has 0 aliphatic heterocycles. The summed E-state index contributed by atoms with van der Waals surface area (Å²) in [6, 6.07) is 0. The number of rotatable bonds is 11. The van der Waals surface area contributed by atoms with E-state index in [1.54, 1.807) is 27.7 Å². The van der Waals surface area contributed by atoms with Crippen molar-refractivity contribution < 1.29 is 29.1 Å². The minimum Gasteiger partial charge on any atom is -0.393 e. The molecule has 24 heavy (non-hydrogen) atoms. The van der Waals surface area contributed by atoms with Crippen molar-refractivity contribution in [1.82, 2.24) is 0 Å². The Morgan fingerprint density at radius 2 is 1.00 bits per heavy atom. The molecule has 0 spiro atoms. The van der Waals surface area contributed by atoms with Gasteiger partial charge >= 0.3 is 0 Å². The van der Waals surface area contributed by atoms with Gasteiger partial charge in [-0.15, -0.1) is 0 Å². The quantitative estimate of drug-likeness (QED) is 0.292. The van der Waals surface area contributed by atoms with Crippen molar-refractivity contribution in [2.75, 3.05) is 0 Å². The van der Waals surface area contributed by atoms with Gasteiger partial charge < -0.3 is 20.0 Å². The van der Waals surface area contributed by atoms with Gasteiger partial charge in [-0.2, -0.15) is 0 Å². The molecule has 4 unspecified atom stereocenters. The van der Waals surface area contributed by atoms with E-state index < -0.39 is 37.6 Å². The maximum Gasteiger partial charge on any atom is 0.270 e. The molecule has 10 heteroatoms. The first-order chi connectivity index (χ1) is 10.5. The van der Waals surface area contributed by atoms with Gasteiger partial charge in [-0.25, -0.2) is 0 Å². The van der Waals surface area contributed by atoms with E-state index in [2.05, 4.69) is 0 Å². The highest BCUT2D eigenvalue weighted by Crippen LogP contribution is 2.50. The van der Waals surface area contributed by atoms with Gasteiger partial charge in [0.05, 0.1) is 22.5 Å². The van der Waals surface area contributed by atoms with Crippen LogP contribution < -0.4 is 11.0 Å². The summed E-state index contributed by atoms with van der Waals surface area (Å²) >= 11 is 0. The van der Waals surface area contributed by atoms with Crippen molar-refractivity contribution in [3.8, 4) is 0 Å². The Kier molecular flexibility index (Phi) is 8.82. The molecule has 0 saturated heterocycles. The summed E-state index contributed by atoms with van der Waals surface area (Å²) in [7, 11) is -7.46. The Labute approximate surface area is 144 Å². The summed E-state index contributed by atoms with van der Waals surface area (Å²) in [5, 5.41) is 18.0. The highest BCUT2D eigenvalue weighted by molar-refractivity contribution is 7.57. The average molecular weight is 388 g/mol. The molecule has 0 aromatic heterocycles. The lowest BCUT2D eigenvalue weighted by Gasteiger charge is -2.29. The van der Waals surface area contributed by atoms with Gasteiger partial charge in [0.2, 0.25) is 0 Å². The van der Waals surface area contributed by atoms with Gasteiger partial charge in [0.1, 0.15) is 0 Å². The molecule has 0 saturated carbocycles. The van der Waals surface area contributed by atoms with E-state index in [4.69, 9.17) is 11.0 Å². The molecule has 0 radical (unpaired) electrons. The van der Waals surface area contributed by atoms with E-state index in [-0.39, 0.29) is 0 Å². The minimum absolute atomic E-state index is 0.294. The molecular weight excluding hydrogens is 354 g/mol. The number of aliphatic hydroxyl groups is 2. The van der Waals surface area contributed by atoms with Crippen LogP contribution in [0.5, 0.6) is 0 Å². The van der Waals surface area contributed by atoms with Crippen molar-refractivity contribution in [1.29, 1.82) is 0 Å². The van der Waals surface area contributed by atoms with E-state index in [1.807, 2.05) is 0 Å². The SMILES string of the molecule is CC(C)(CCC(O)CCC(O)CCC(C)(C)P(N)(=O)O)P(N)(=O)O. The first-order valence-corrected chi connectivity index (χ1v) is 11.5. The Balaban J connectivity index is 4.22. The number of aliphatic hydroxyl groups excluding tert-OH is 2. The Hall–Kier alpha value is 0.220. The zero-order valence-electron chi connectivity index (χ0n) is 15.1. The van der Waals surface area contributed by atoms with Crippen LogP contribution >= 0.6 is 15.0 Å². The molecule has 8 nitrogen and oxygen atoms in total. The Morgan fingerprint density at radius 3 is 1.21 bits per heavy atom. The van der Waals surface area contributed by atoms with Gasteiger partial charge in [0, 0.05) is 0 Å². The van der Waals surface area contributed by atoms with Crippen LogP contribution in [0.4, 0.5) is 0 Å². The van der Waals surface area contributed by atoms with Gasteiger partial charge in [0.25, 0.3) is 15.0 Å². The normalized spacial score (nSPS) is 20.9. The largest absolute Gasteiger partial charge is 0.393 e. The second-order valence-corrected chi connectivity index (χ2v) is 12.7. The van der Waals surface area contributed by atoms with Crippen LogP contribution in [0.3, 0.4) is 0 Å². The van der Waals surface area contributed by atoms with E-state index in [9.17, 15) is 29.1 Å². The van der Waals surface area contributed by atoms with E-state index >= 15 is 0 Å². The Morgan fingerprint density at radius 1 is 0.750 bits per heavy atom. The number of nitrogens with two attached hydrogens (primary N) is 2. The molecule has 0 aliphatic carbocycles. The van der Waals surface area contributed by atoms with Crippen molar-refractivity contribution in [2.45, 2.75) is 88.7 Å². The van der Waals surface area contributed by atoms with Crippen molar-refractivity contribution >= 4 is 15.0 Å². The van der Waals surface area contributed by atoms with Gasteiger partial charge in [0.15, 0.2) is 0 Å². The molecule has 0 amide bonds. The van der Waals surface area contributed by atoms with Crippen molar-refractivity contribution in [3.05, 3.63) is 0 Å². The fraction of sp³-hybridized carbons (Fsp3) is 1.00. The molecular formula is C14H34N2O6P2. The molecule has 0 aliphatic rings. The summed E-state index contributed by atoms with van der Waals surface area (Å²) in [6.07, 6.45) is 0.442. The highest BCUT2D eigenvalue weighted by atomic mass is 31.2. The third-order valence-corrected chi connectivity index (χ3v) is 8.66. The lowest BCUT2D eigenvalue weighted by atomic mass is 9.97. The molecule has 0 heterocycles. The monoisotopic (exact) mass is 388 g/mol. The van der Waals surface area contributed by atoms with Crippen molar-refractivity contribution in [3.63, 3.8) is 0 Å². The molecule has 0 aromatic rings. The fourth-order valence-electron chi connectivity index (χ4n) is 2.03. The van der Waals surface area contributed by atoms with Crippen LogP contribution in [0.1, 0.15) is 66.2 Å². The molecule has 0 rings (SSSR count). The highest BCUT2D eigenvalue weighted by Gasteiger charge is 2.36. The second-order valence-electron chi connectivity index (χ2n) is 7.83. The molecule has 0 bridgehead atoms. The lowest BCUT2D eigenvalue weighted by molar-refractivity contribution is 0.0985. The first kappa shape index (κ1) is 24.2. The van der Waals surface area contributed by atoms with Crippen LogP contribution in [0.25, 0.3) is 0 Å². The molecule has 146 valence electrons. The van der Waals surface area contributed by atoms with Gasteiger partial charge in [-0.3, -0.25) is 20.1 Å². The van der Waals surface area contributed by atoms with Crippen LogP contribution in [-0.4, -0.2) is 42.5 Å². The third-order valence-electron chi connectivity index (χ3n) is 4.75. The van der Waals surface area contributed by atoms with E-state index in [1.165, 1.54) is 0 Å². The maximum absolute atomic E-state index is 11.5. The summed E-state index contributed by atoms with van der Waals surface area (Å²) in [5.41, 5.74) is 10.5. The number of hydrogen-bond acceptors (Lipinski definition) is 4. The third kappa shape index (κ3) is 8.07. The summed E-state index contributed by atoms with van der Waals surface area (Å²) in [5.74, 6) is 0. The zero-order chi connectivity index (χ0) is 19.4. The predicted octanol–water partition coefficient (Wildman–Crippen LogP) is 1.89. The van der Waals surface area contributed by atoms with E-state index in [0.717, 1.165) is 0 Å². The molecule has 8 N–H and O–H groups in total. The first-order valence-electron chi connectivity index (χ1n) is 8.09. The number of hydrogen-bond donors (Lipinski definition) is 6. The smallest absolute Gasteiger partial charge is 0.270 e. The zero-order valence-corrected chi connectivity index (χ0v) is 16.8. The molecule has 0 fully saturated rings. The average Bonchev–Trinajstić information content (AvgIpc) is 2.38. The standard InChI is InChI=1S/C14H34N2O6P2/c1-13(2,23(15,19)20)9-7-11(17)5-6-12(18)8-10-14(3,4)24(16,21)22/h11-12,17-18H,5-10H2,1-4H3,(H3,15,19,20)(H3,16,21,22).